The smallest absolute Gasteiger partial charge is 0.248 e. The minimum atomic E-state index is -2.81. The number of benzene rings is 1. The molecule has 1 atom stereocenters. The minimum absolute atomic E-state index is 0.284. The molecule has 0 amide bonds. The molecule has 0 aliphatic carbocycles. The molecule has 5 heteroatoms. The molecular formula is C10H8F2OS2. The van der Waals surface area contributed by atoms with Gasteiger partial charge in [-0.15, -0.1) is 11.3 Å². The average Bonchev–Trinajstić information content (AvgIpc) is 2.56. The Bertz CT molecular complexity index is 519. The maximum atomic E-state index is 12.3. The van der Waals surface area contributed by atoms with Gasteiger partial charge in [-0.1, -0.05) is 18.2 Å². The molecule has 1 aromatic heterocycles. The van der Waals surface area contributed by atoms with Crippen molar-refractivity contribution in [3.8, 4) is 0 Å². The van der Waals surface area contributed by atoms with Gasteiger partial charge >= 0.3 is 5.76 Å². The van der Waals surface area contributed by atoms with Gasteiger partial charge in [0.2, 0.25) is 0 Å². The lowest BCUT2D eigenvalue weighted by Crippen LogP contribution is -2.01. The number of thiophene rings is 1. The van der Waals surface area contributed by atoms with Gasteiger partial charge in [-0.25, -0.2) is 4.21 Å². The molecule has 0 aliphatic rings. The van der Waals surface area contributed by atoms with E-state index in [0.29, 0.717) is 5.56 Å². The molecule has 2 rings (SSSR count). The summed E-state index contributed by atoms with van der Waals surface area (Å²) in [6.07, 6.45) is 0. The van der Waals surface area contributed by atoms with Crippen LogP contribution in [-0.4, -0.2) is 9.97 Å². The molecule has 1 aromatic carbocycles. The van der Waals surface area contributed by atoms with Crippen LogP contribution in [0, 0.1) is 6.92 Å². The number of halogens is 2. The van der Waals surface area contributed by atoms with Crippen LogP contribution in [0.25, 0.3) is 10.1 Å². The van der Waals surface area contributed by atoms with Crippen LogP contribution in [0.3, 0.4) is 0 Å². The predicted octanol–water partition coefficient (Wildman–Crippen LogP) is 3.54. The zero-order valence-electron chi connectivity index (χ0n) is 7.87. The van der Waals surface area contributed by atoms with Crippen molar-refractivity contribution in [3.63, 3.8) is 0 Å². The van der Waals surface area contributed by atoms with E-state index in [1.165, 1.54) is 11.3 Å². The normalized spacial score (nSPS) is 13.6. The Morgan fingerprint density at radius 1 is 1.33 bits per heavy atom. The third kappa shape index (κ3) is 1.81. The van der Waals surface area contributed by atoms with Crippen LogP contribution in [0.1, 0.15) is 5.56 Å². The van der Waals surface area contributed by atoms with Crippen LogP contribution >= 0.6 is 11.3 Å². The Labute approximate surface area is 92.2 Å². The van der Waals surface area contributed by atoms with Gasteiger partial charge in [-0.05, 0) is 23.9 Å². The largest absolute Gasteiger partial charge is 0.316 e. The van der Waals surface area contributed by atoms with Crippen molar-refractivity contribution in [2.45, 2.75) is 16.9 Å². The number of fused-ring (bicyclic) bond motifs is 1. The third-order valence-electron chi connectivity index (χ3n) is 2.14. The molecule has 1 unspecified atom stereocenters. The van der Waals surface area contributed by atoms with E-state index in [1.807, 2.05) is 24.3 Å². The van der Waals surface area contributed by atoms with E-state index in [-0.39, 0.29) is 4.21 Å². The van der Waals surface area contributed by atoms with Crippen molar-refractivity contribution >= 4 is 32.2 Å². The lowest BCUT2D eigenvalue weighted by atomic mass is 10.2. The van der Waals surface area contributed by atoms with E-state index in [9.17, 15) is 13.0 Å². The third-order valence-corrected chi connectivity index (χ3v) is 4.95. The highest BCUT2D eigenvalue weighted by atomic mass is 32.2. The molecule has 2 aromatic rings. The fraction of sp³-hybridized carbons (Fsp3) is 0.200. The zero-order chi connectivity index (χ0) is 11.0. The van der Waals surface area contributed by atoms with Crippen LogP contribution in [0.5, 0.6) is 0 Å². The lowest BCUT2D eigenvalue weighted by molar-refractivity contribution is 0.244. The molecule has 0 spiro atoms. The maximum absolute atomic E-state index is 12.3. The van der Waals surface area contributed by atoms with Crippen molar-refractivity contribution in [1.82, 2.24) is 0 Å². The average molecular weight is 246 g/mol. The van der Waals surface area contributed by atoms with Gasteiger partial charge < -0.3 is 0 Å². The van der Waals surface area contributed by atoms with E-state index >= 15 is 0 Å². The second kappa shape index (κ2) is 3.98. The first kappa shape index (κ1) is 10.7. The van der Waals surface area contributed by atoms with Crippen molar-refractivity contribution in [1.29, 1.82) is 0 Å². The Balaban J connectivity index is 2.63. The number of rotatable bonds is 2. The van der Waals surface area contributed by atoms with Crippen molar-refractivity contribution in [2.75, 3.05) is 0 Å². The summed E-state index contributed by atoms with van der Waals surface area (Å²) in [6.45, 7) is 1.73. The summed E-state index contributed by atoms with van der Waals surface area (Å²) in [5, 5.41) is 0.909. The number of aryl methyl sites for hydroxylation is 1. The van der Waals surface area contributed by atoms with E-state index in [4.69, 9.17) is 0 Å². The highest BCUT2D eigenvalue weighted by Gasteiger charge is 2.21. The molecule has 0 aliphatic heterocycles. The first-order valence-corrected chi connectivity index (χ1v) is 6.31. The van der Waals surface area contributed by atoms with E-state index in [1.54, 1.807) is 6.92 Å². The summed E-state index contributed by atoms with van der Waals surface area (Å²) in [5.41, 5.74) is 0.703. The molecule has 1 nitrogen and oxygen atoms in total. The highest BCUT2D eigenvalue weighted by molar-refractivity contribution is 7.87. The van der Waals surface area contributed by atoms with Gasteiger partial charge in [0.15, 0.2) is 0 Å². The minimum Gasteiger partial charge on any atom is -0.248 e. The molecule has 0 bridgehead atoms. The second-order valence-corrected chi connectivity index (χ2v) is 5.74. The van der Waals surface area contributed by atoms with Crippen molar-refractivity contribution < 1.29 is 13.0 Å². The van der Waals surface area contributed by atoms with Gasteiger partial charge in [0.05, 0.1) is 0 Å². The Morgan fingerprint density at radius 2 is 2.00 bits per heavy atom. The second-order valence-electron chi connectivity index (χ2n) is 3.07. The van der Waals surface area contributed by atoms with Gasteiger partial charge in [0, 0.05) is 4.70 Å². The van der Waals surface area contributed by atoms with Gasteiger partial charge in [0.25, 0.3) is 0 Å². The van der Waals surface area contributed by atoms with E-state index in [2.05, 4.69) is 0 Å². The number of alkyl halides is 2. The monoisotopic (exact) mass is 246 g/mol. The Hall–Kier alpha value is -0.810. The molecule has 0 fully saturated rings. The van der Waals surface area contributed by atoms with Gasteiger partial charge in [-0.3, -0.25) is 0 Å². The molecule has 0 N–H and O–H groups in total. The van der Waals surface area contributed by atoms with E-state index in [0.717, 1.165) is 10.1 Å². The van der Waals surface area contributed by atoms with Gasteiger partial charge in [-0.2, -0.15) is 8.78 Å². The highest BCUT2D eigenvalue weighted by Crippen LogP contribution is 2.34. The van der Waals surface area contributed by atoms with Gasteiger partial charge in [0.1, 0.15) is 15.0 Å². The molecule has 0 radical (unpaired) electrons. The number of hydrogen-bond acceptors (Lipinski definition) is 2. The zero-order valence-corrected chi connectivity index (χ0v) is 9.50. The quantitative estimate of drug-likeness (QED) is 0.792. The lowest BCUT2D eigenvalue weighted by Gasteiger charge is -1.97. The van der Waals surface area contributed by atoms with Crippen LogP contribution in [0.2, 0.25) is 0 Å². The van der Waals surface area contributed by atoms with Crippen molar-refractivity contribution in [2.24, 2.45) is 0 Å². The number of hydrogen-bond donors (Lipinski definition) is 0. The summed E-state index contributed by atoms with van der Waals surface area (Å²) >= 11 is 1.18. The van der Waals surface area contributed by atoms with Crippen molar-refractivity contribution in [3.05, 3.63) is 29.8 Å². The molecule has 0 saturated carbocycles. The summed E-state index contributed by atoms with van der Waals surface area (Å²) in [4.78, 5) is 0. The summed E-state index contributed by atoms with van der Waals surface area (Å²) < 4.78 is 37.1. The van der Waals surface area contributed by atoms with Crippen LogP contribution in [-0.2, 0) is 10.8 Å². The summed E-state index contributed by atoms with van der Waals surface area (Å²) in [7, 11) is -2.19. The van der Waals surface area contributed by atoms with Crippen LogP contribution in [0.15, 0.2) is 28.5 Å². The molecule has 1 heterocycles. The fourth-order valence-corrected chi connectivity index (χ4v) is 3.75. The van der Waals surface area contributed by atoms with E-state index < -0.39 is 16.6 Å². The molecule has 15 heavy (non-hydrogen) atoms. The SMILES string of the molecule is Cc1c(S(=O)C(F)F)sc2ccccc12. The first-order chi connectivity index (χ1) is 7.11. The summed E-state index contributed by atoms with van der Waals surface area (Å²) in [5.74, 6) is -2.81. The fourth-order valence-electron chi connectivity index (χ4n) is 1.42. The topological polar surface area (TPSA) is 17.1 Å². The van der Waals surface area contributed by atoms with Crippen LogP contribution in [0.4, 0.5) is 8.78 Å². The molecule has 80 valence electrons. The predicted molar refractivity (Wildman–Crippen MR) is 59.0 cm³/mol. The maximum Gasteiger partial charge on any atom is 0.316 e. The Kier molecular flexibility index (Phi) is 2.84. The standard InChI is InChI=1S/C10H8F2OS2/c1-6-7-4-2-3-5-8(7)14-9(6)15(13)10(11)12/h2-5,10H,1H3. The Morgan fingerprint density at radius 3 is 2.60 bits per heavy atom. The molecular weight excluding hydrogens is 238 g/mol. The first-order valence-electron chi connectivity index (χ1n) is 4.28. The van der Waals surface area contributed by atoms with Crippen LogP contribution < -0.4 is 0 Å². The molecule has 0 saturated heterocycles. The summed E-state index contributed by atoms with van der Waals surface area (Å²) in [6, 6.07) is 7.39.